The monoisotopic (exact) mass is 234 g/mol. The Morgan fingerprint density at radius 1 is 1.35 bits per heavy atom. The molecule has 0 radical (unpaired) electrons. The SMILES string of the molecule is COC(=O)C1=NN[C@H](c2ccc(OC)cc2)C1. The average Bonchev–Trinajstić information content (AvgIpc) is 2.87. The van der Waals surface area contributed by atoms with Crippen LogP contribution >= 0.6 is 0 Å². The molecule has 0 fully saturated rings. The number of nitrogens with one attached hydrogen (secondary N) is 1. The standard InChI is InChI=1S/C12H14N2O3/c1-16-9-5-3-8(4-6-9)10-7-11(14-13-10)12(15)17-2/h3-6,10,13H,7H2,1-2H3/t10-/m0/s1. The van der Waals surface area contributed by atoms with Crippen molar-refractivity contribution in [2.75, 3.05) is 14.2 Å². The van der Waals surface area contributed by atoms with Gasteiger partial charge in [-0.05, 0) is 17.7 Å². The molecule has 1 aromatic rings. The number of carbonyl (C=O) groups is 1. The van der Waals surface area contributed by atoms with E-state index in [1.807, 2.05) is 24.3 Å². The third kappa shape index (κ3) is 2.38. The Morgan fingerprint density at radius 3 is 2.65 bits per heavy atom. The summed E-state index contributed by atoms with van der Waals surface area (Å²) < 4.78 is 9.71. The fourth-order valence-electron chi connectivity index (χ4n) is 1.72. The second-order valence-corrected chi connectivity index (χ2v) is 3.71. The maximum Gasteiger partial charge on any atom is 0.354 e. The number of benzene rings is 1. The summed E-state index contributed by atoms with van der Waals surface area (Å²) >= 11 is 0. The molecule has 1 aliphatic rings. The van der Waals surface area contributed by atoms with Crippen molar-refractivity contribution >= 4 is 11.7 Å². The van der Waals surface area contributed by atoms with Crippen molar-refractivity contribution in [3.8, 4) is 5.75 Å². The van der Waals surface area contributed by atoms with Crippen molar-refractivity contribution in [1.82, 2.24) is 5.43 Å². The van der Waals surface area contributed by atoms with Gasteiger partial charge in [-0.25, -0.2) is 4.79 Å². The molecule has 90 valence electrons. The summed E-state index contributed by atoms with van der Waals surface area (Å²) in [4.78, 5) is 11.3. The number of esters is 1. The smallest absolute Gasteiger partial charge is 0.354 e. The van der Waals surface area contributed by atoms with Gasteiger partial charge in [0.25, 0.3) is 0 Å². The Bertz CT molecular complexity index is 440. The van der Waals surface area contributed by atoms with Crippen LogP contribution < -0.4 is 10.2 Å². The highest BCUT2D eigenvalue weighted by Crippen LogP contribution is 2.23. The average molecular weight is 234 g/mol. The molecule has 0 unspecified atom stereocenters. The summed E-state index contributed by atoms with van der Waals surface area (Å²) in [5.41, 5.74) is 4.41. The number of rotatable bonds is 3. The highest BCUT2D eigenvalue weighted by atomic mass is 16.5. The lowest BCUT2D eigenvalue weighted by atomic mass is 10.0. The van der Waals surface area contributed by atoms with E-state index >= 15 is 0 Å². The van der Waals surface area contributed by atoms with Crippen LogP contribution in [-0.2, 0) is 9.53 Å². The molecule has 5 heteroatoms. The molecule has 2 rings (SSSR count). The zero-order valence-corrected chi connectivity index (χ0v) is 9.77. The van der Waals surface area contributed by atoms with E-state index in [9.17, 15) is 4.79 Å². The van der Waals surface area contributed by atoms with Gasteiger partial charge in [0.05, 0.1) is 20.3 Å². The first-order valence-electron chi connectivity index (χ1n) is 5.29. The van der Waals surface area contributed by atoms with Crippen LogP contribution in [0.15, 0.2) is 29.4 Å². The molecular formula is C12H14N2O3. The Hall–Kier alpha value is -2.04. The van der Waals surface area contributed by atoms with Crippen molar-refractivity contribution in [2.24, 2.45) is 5.10 Å². The van der Waals surface area contributed by atoms with Gasteiger partial charge in [-0.2, -0.15) is 5.10 Å². The Kier molecular flexibility index (Phi) is 3.27. The lowest BCUT2D eigenvalue weighted by Gasteiger charge is -2.10. The number of carbonyl (C=O) groups excluding carboxylic acids is 1. The fourth-order valence-corrected chi connectivity index (χ4v) is 1.72. The minimum Gasteiger partial charge on any atom is -0.497 e. The van der Waals surface area contributed by atoms with E-state index in [-0.39, 0.29) is 12.0 Å². The minimum absolute atomic E-state index is 0.0232. The van der Waals surface area contributed by atoms with E-state index in [1.54, 1.807) is 7.11 Å². The number of nitrogens with zero attached hydrogens (tertiary/aromatic N) is 1. The van der Waals surface area contributed by atoms with E-state index in [0.29, 0.717) is 12.1 Å². The van der Waals surface area contributed by atoms with Gasteiger partial charge in [0.2, 0.25) is 0 Å². The van der Waals surface area contributed by atoms with Crippen LogP contribution in [0.1, 0.15) is 18.0 Å². The number of methoxy groups -OCH3 is 2. The first-order valence-corrected chi connectivity index (χ1v) is 5.29. The summed E-state index contributed by atoms with van der Waals surface area (Å²) in [6.07, 6.45) is 0.541. The summed E-state index contributed by atoms with van der Waals surface area (Å²) in [5.74, 6) is 0.425. The van der Waals surface area contributed by atoms with Gasteiger partial charge in [0, 0.05) is 6.42 Å². The molecule has 1 heterocycles. The van der Waals surface area contributed by atoms with E-state index in [2.05, 4.69) is 15.3 Å². The first kappa shape index (κ1) is 11.4. The van der Waals surface area contributed by atoms with Crippen molar-refractivity contribution in [2.45, 2.75) is 12.5 Å². The van der Waals surface area contributed by atoms with Crippen LogP contribution in [0.3, 0.4) is 0 Å². The summed E-state index contributed by atoms with van der Waals surface area (Å²) in [6, 6.07) is 7.69. The van der Waals surface area contributed by atoms with Crippen LogP contribution in [0, 0.1) is 0 Å². The molecule has 5 nitrogen and oxygen atoms in total. The molecule has 0 bridgehead atoms. The normalized spacial score (nSPS) is 18.2. The molecular weight excluding hydrogens is 220 g/mol. The van der Waals surface area contributed by atoms with Crippen molar-refractivity contribution in [3.05, 3.63) is 29.8 Å². The van der Waals surface area contributed by atoms with Crippen molar-refractivity contribution < 1.29 is 14.3 Å². The van der Waals surface area contributed by atoms with Crippen LogP contribution in [0.4, 0.5) is 0 Å². The predicted molar refractivity (Wildman–Crippen MR) is 62.9 cm³/mol. The second-order valence-electron chi connectivity index (χ2n) is 3.71. The first-order chi connectivity index (χ1) is 8.24. The zero-order chi connectivity index (χ0) is 12.3. The lowest BCUT2D eigenvalue weighted by Crippen LogP contribution is -2.14. The highest BCUT2D eigenvalue weighted by Gasteiger charge is 2.25. The molecule has 1 aliphatic heterocycles. The van der Waals surface area contributed by atoms with Gasteiger partial charge < -0.3 is 14.9 Å². The number of ether oxygens (including phenoxy) is 2. The zero-order valence-electron chi connectivity index (χ0n) is 9.77. The van der Waals surface area contributed by atoms with Crippen LogP contribution in [0.25, 0.3) is 0 Å². The highest BCUT2D eigenvalue weighted by molar-refractivity contribution is 6.36. The fraction of sp³-hybridized carbons (Fsp3) is 0.333. The lowest BCUT2D eigenvalue weighted by molar-refractivity contribution is -0.132. The third-order valence-electron chi connectivity index (χ3n) is 2.69. The van der Waals surface area contributed by atoms with Gasteiger partial charge in [0.15, 0.2) is 0 Å². The molecule has 17 heavy (non-hydrogen) atoms. The van der Waals surface area contributed by atoms with Gasteiger partial charge in [0.1, 0.15) is 11.5 Å². The van der Waals surface area contributed by atoms with Crippen molar-refractivity contribution in [1.29, 1.82) is 0 Å². The topological polar surface area (TPSA) is 59.9 Å². The second kappa shape index (κ2) is 4.86. The third-order valence-corrected chi connectivity index (χ3v) is 2.69. The largest absolute Gasteiger partial charge is 0.497 e. The van der Waals surface area contributed by atoms with Crippen LogP contribution in [-0.4, -0.2) is 25.9 Å². The van der Waals surface area contributed by atoms with Gasteiger partial charge in [-0.15, -0.1) is 0 Å². The number of hydrogen-bond donors (Lipinski definition) is 1. The maximum absolute atomic E-state index is 11.3. The quantitative estimate of drug-likeness (QED) is 0.800. The van der Waals surface area contributed by atoms with E-state index < -0.39 is 0 Å². The van der Waals surface area contributed by atoms with Gasteiger partial charge in [-0.1, -0.05) is 12.1 Å². The summed E-state index contributed by atoms with van der Waals surface area (Å²) in [5, 5.41) is 3.97. The molecule has 0 spiro atoms. The van der Waals surface area contributed by atoms with Crippen LogP contribution in [0.5, 0.6) is 5.75 Å². The molecule has 0 saturated heterocycles. The van der Waals surface area contributed by atoms with Crippen LogP contribution in [0.2, 0.25) is 0 Å². The van der Waals surface area contributed by atoms with E-state index in [0.717, 1.165) is 11.3 Å². The molecule has 0 aromatic heterocycles. The van der Waals surface area contributed by atoms with Gasteiger partial charge in [-0.3, -0.25) is 0 Å². The number of hydrogen-bond acceptors (Lipinski definition) is 5. The van der Waals surface area contributed by atoms with E-state index in [4.69, 9.17) is 4.74 Å². The summed E-state index contributed by atoms with van der Waals surface area (Å²) in [6.45, 7) is 0. The molecule has 0 aliphatic carbocycles. The Labute approximate surface area is 99.4 Å². The summed E-state index contributed by atoms with van der Waals surface area (Å²) in [7, 11) is 2.98. The predicted octanol–water partition coefficient (Wildman–Crippen LogP) is 1.26. The molecule has 1 aromatic carbocycles. The van der Waals surface area contributed by atoms with Crippen molar-refractivity contribution in [3.63, 3.8) is 0 Å². The van der Waals surface area contributed by atoms with Gasteiger partial charge >= 0.3 is 5.97 Å². The molecule has 1 N–H and O–H groups in total. The molecule has 0 amide bonds. The Morgan fingerprint density at radius 2 is 2.06 bits per heavy atom. The number of hydrazone groups is 1. The van der Waals surface area contributed by atoms with E-state index in [1.165, 1.54) is 7.11 Å². The maximum atomic E-state index is 11.3. The minimum atomic E-state index is -0.381. The Balaban J connectivity index is 2.04. The molecule has 0 saturated carbocycles. The molecule has 1 atom stereocenters.